The van der Waals surface area contributed by atoms with Crippen molar-refractivity contribution in [2.75, 3.05) is 26.4 Å². The van der Waals surface area contributed by atoms with Gasteiger partial charge in [0.2, 0.25) is 0 Å². The molecule has 1 fully saturated rings. The molecule has 0 bridgehead atoms. The van der Waals surface area contributed by atoms with Crippen molar-refractivity contribution in [3.8, 4) is 5.75 Å². The minimum atomic E-state index is -0.369. The van der Waals surface area contributed by atoms with Gasteiger partial charge in [-0.15, -0.1) is 0 Å². The second kappa shape index (κ2) is 11.3. The third-order valence-electron chi connectivity index (χ3n) is 5.11. The van der Waals surface area contributed by atoms with E-state index in [0.717, 1.165) is 36.5 Å². The Morgan fingerprint density at radius 1 is 1.26 bits per heavy atom. The van der Waals surface area contributed by atoms with Gasteiger partial charge in [-0.05, 0) is 31.9 Å². The van der Waals surface area contributed by atoms with E-state index in [-0.39, 0.29) is 10.6 Å². The lowest BCUT2D eigenvalue weighted by Crippen LogP contribution is -2.36. The average molecular weight is 427 g/mol. The van der Waals surface area contributed by atoms with Crippen LogP contribution in [-0.4, -0.2) is 37.2 Å². The van der Waals surface area contributed by atoms with Crippen LogP contribution in [-0.2, 0) is 17.8 Å². The Balaban J connectivity index is 1.67. The van der Waals surface area contributed by atoms with Crippen LogP contribution in [0.3, 0.4) is 0 Å². The van der Waals surface area contributed by atoms with E-state index in [2.05, 4.69) is 15.6 Å². The first-order chi connectivity index (χ1) is 15.1. The second-order valence-corrected chi connectivity index (χ2v) is 7.59. The number of nitrogens with one attached hydrogen (secondary N) is 2. The van der Waals surface area contributed by atoms with Crippen LogP contribution in [0, 0.1) is 23.0 Å². The first-order valence-electron chi connectivity index (χ1n) is 10.6. The maximum Gasteiger partial charge on any atom is 0.274 e. The number of nitro benzene ring substituents is 1. The molecule has 0 radical (unpaired) electrons. The van der Waals surface area contributed by atoms with Crippen molar-refractivity contribution in [2.45, 2.75) is 33.4 Å². The number of benzene rings is 2. The van der Waals surface area contributed by atoms with E-state index >= 15 is 0 Å². The zero-order chi connectivity index (χ0) is 22.1. The van der Waals surface area contributed by atoms with Gasteiger partial charge < -0.3 is 20.1 Å². The summed E-state index contributed by atoms with van der Waals surface area (Å²) >= 11 is 0. The highest BCUT2D eigenvalue weighted by atomic mass is 16.6. The molecule has 1 atom stereocenters. The summed E-state index contributed by atoms with van der Waals surface area (Å²) in [6, 6.07) is 12.8. The number of nitrogens with zero attached hydrogens (tertiary/aromatic N) is 2. The first-order valence-corrected chi connectivity index (χ1v) is 10.6. The molecule has 1 aliphatic heterocycles. The lowest BCUT2D eigenvalue weighted by atomic mass is 10.1. The minimum Gasteiger partial charge on any atom is -0.493 e. The Kier molecular flexibility index (Phi) is 8.23. The summed E-state index contributed by atoms with van der Waals surface area (Å²) < 4.78 is 11.5. The molecule has 8 nitrogen and oxygen atoms in total. The van der Waals surface area contributed by atoms with E-state index in [1.54, 1.807) is 18.2 Å². The highest BCUT2D eigenvalue weighted by molar-refractivity contribution is 5.79. The van der Waals surface area contributed by atoms with Gasteiger partial charge in [0, 0.05) is 42.8 Å². The lowest BCUT2D eigenvalue weighted by Gasteiger charge is -2.15. The number of ether oxygens (including phenoxy) is 2. The van der Waals surface area contributed by atoms with E-state index in [9.17, 15) is 10.1 Å². The average Bonchev–Trinajstić information content (AvgIpc) is 3.29. The predicted octanol–water partition coefficient (Wildman–Crippen LogP) is 3.57. The summed E-state index contributed by atoms with van der Waals surface area (Å²) in [5, 5.41) is 17.6. The Labute approximate surface area is 182 Å². The topological polar surface area (TPSA) is 98.0 Å². The van der Waals surface area contributed by atoms with Crippen molar-refractivity contribution in [3.63, 3.8) is 0 Å². The van der Waals surface area contributed by atoms with Crippen LogP contribution >= 0.6 is 0 Å². The SMILES string of the molecule is CCNC(=NCc1ccc(C)cc1OCC1CCOC1)NCc1ccccc1[N+](=O)[O-]. The molecule has 0 amide bonds. The number of hydrogen-bond acceptors (Lipinski definition) is 5. The van der Waals surface area contributed by atoms with Crippen molar-refractivity contribution >= 4 is 11.6 Å². The summed E-state index contributed by atoms with van der Waals surface area (Å²) in [7, 11) is 0. The first kappa shape index (κ1) is 22.6. The van der Waals surface area contributed by atoms with E-state index in [1.165, 1.54) is 6.07 Å². The van der Waals surface area contributed by atoms with Gasteiger partial charge in [-0.2, -0.15) is 0 Å². The quantitative estimate of drug-likeness (QED) is 0.275. The van der Waals surface area contributed by atoms with Crippen molar-refractivity contribution in [2.24, 2.45) is 10.9 Å². The lowest BCUT2D eigenvalue weighted by molar-refractivity contribution is -0.385. The van der Waals surface area contributed by atoms with Crippen LogP contribution in [0.1, 0.15) is 30.0 Å². The normalized spacial score (nSPS) is 16.2. The Bertz CT molecular complexity index is 910. The molecule has 1 heterocycles. The Hall–Kier alpha value is -3.13. The van der Waals surface area contributed by atoms with Crippen molar-refractivity contribution in [1.82, 2.24) is 10.6 Å². The van der Waals surface area contributed by atoms with E-state index in [0.29, 0.717) is 43.7 Å². The van der Waals surface area contributed by atoms with Crippen LogP contribution in [0.15, 0.2) is 47.5 Å². The molecule has 1 aliphatic rings. The monoisotopic (exact) mass is 426 g/mol. The van der Waals surface area contributed by atoms with E-state index in [1.807, 2.05) is 32.0 Å². The smallest absolute Gasteiger partial charge is 0.274 e. The summed E-state index contributed by atoms with van der Waals surface area (Å²) in [6.45, 7) is 7.63. The minimum absolute atomic E-state index is 0.0935. The molecule has 2 N–H and O–H groups in total. The molecule has 2 aromatic carbocycles. The van der Waals surface area contributed by atoms with Gasteiger partial charge in [-0.1, -0.05) is 30.3 Å². The number of guanidine groups is 1. The van der Waals surface area contributed by atoms with Gasteiger partial charge in [0.15, 0.2) is 5.96 Å². The standard InChI is InChI=1S/C23H30N4O4/c1-3-24-23(25-13-19-6-4-5-7-21(19)27(28)29)26-14-20-9-8-17(2)12-22(20)31-16-18-10-11-30-15-18/h4-9,12,18H,3,10-11,13-16H2,1-2H3,(H2,24,25,26). The predicted molar refractivity (Wildman–Crippen MR) is 120 cm³/mol. The van der Waals surface area contributed by atoms with Crippen LogP contribution in [0.25, 0.3) is 0 Å². The Morgan fingerprint density at radius 3 is 2.84 bits per heavy atom. The summed E-state index contributed by atoms with van der Waals surface area (Å²) in [5.74, 6) is 1.86. The maximum absolute atomic E-state index is 11.2. The van der Waals surface area contributed by atoms with Gasteiger partial charge in [-0.3, -0.25) is 10.1 Å². The zero-order valence-electron chi connectivity index (χ0n) is 18.1. The molecule has 31 heavy (non-hydrogen) atoms. The number of aryl methyl sites for hydroxylation is 1. The van der Waals surface area contributed by atoms with Crippen molar-refractivity contribution in [3.05, 3.63) is 69.3 Å². The number of hydrogen-bond donors (Lipinski definition) is 2. The van der Waals surface area contributed by atoms with Gasteiger partial charge in [0.1, 0.15) is 5.75 Å². The molecule has 2 aromatic rings. The molecule has 0 spiro atoms. The highest BCUT2D eigenvalue weighted by Crippen LogP contribution is 2.23. The molecule has 3 rings (SSSR count). The van der Waals surface area contributed by atoms with Crippen molar-refractivity contribution < 1.29 is 14.4 Å². The number of aliphatic imine (C=N–C) groups is 1. The third-order valence-corrected chi connectivity index (χ3v) is 5.11. The molecule has 0 aromatic heterocycles. The van der Waals surface area contributed by atoms with Gasteiger partial charge in [0.05, 0.1) is 24.7 Å². The molecular formula is C23H30N4O4. The molecular weight excluding hydrogens is 396 g/mol. The highest BCUT2D eigenvalue weighted by Gasteiger charge is 2.17. The summed E-state index contributed by atoms with van der Waals surface area (Å²) in [5.41, 5.74) is 2.83. The van der Waals surface area contributed by atoms with Gasteiger partial charge in [-0.25, -0.2) is 4.99 Å². The largest absolute Gasteiger partial charge is 0.493 e. The molecule has 1 saturated heterocycles. The fourth-order valence-electron chi connectivity index (χ4n) is 3.37. The van der Waals surface area contributed by atoms with Crippen LogP contribution in [0.4, 0.5) is 5.69 Å². The van der Waals surface area contributed by atoms with E-state index < -0.39 is 0 Å². The Morgan fingerprint density at radius 2 is 2.10 bits per heavy atom. The number of rotatable bonds is 9. The second-order valence-electron chi connectivity index (χ2n) is 7.59. The fourth-order valence-corrected chi connectivity index (χ4v) is 3.37. The summed E-state index contributed by atoms with van der Waals surface area (Å²) in [6.07, 6.45) is 1.03. The van der Waals surface area contributed by atoms with Gasteiger partial charge >= 0.3 is 0 Å². The molecule has 166 valence electrons. The van der Waals surface area contributed by atoms with Crippen LogP contribution in [0.5, 0.6) is 5.75 Å². The van der Waals surface area contributed by atoms with Crippen LogP contribution in [0.2, 0.25) is 0 Å². The fraction of sp³-hybridized carbons (Fsp3) is 0.435. The van der Waals surface area contributed by atoms with Crippen LogP contribution < -0.4 is 15.4 Å². The number of nitro groups is 1. The summed E-state index contributed by atoms with van der Waals surface area (Å²) in [4.78, 5) is 15.5. The van der Waals surface area contributed by atoms with Gasteiger partial charge in [0.25, 0.3) is 5.69 Å². The van der Waals surface area contributed by atoms with E-state index in [4.69, 9.17) is 9.47 Å². The molecule has 0 aliphatic carbocycles. The molecule has 8 heteroatoms. The molecule has 1 unspecified atom stereocenters. The maximum atomic E-state index is 11.2. The third kappa shape index (κ3) is 6.68. The number of para-hydroxylation sites is 1. The zero-order valence-corrected chi connectivity index (χ0v) is 18.1. The van der Waals surface area contributed by atoms with Crippen molar-refractivity contribution in [1.29, 1.82) is 0 Å². The molecule has 0 saturated carbocycles.